The molecule has 0 aliphatic rings. The van der Waals surface area contributed by atoms with E-state index in [4.69, 9.17) is 18.9 Å². The van der Waals surface area contributed by atoms with Gasteiger partial charge in [-0.3, -0.25) is 0 Å². The van der Waals surface area contributed by atoms with E-state index >= 15 is 0 Å². The number of hydrogen-bond acceptors (Lipinski definition) is 6. The zero-order valence-corrected chi connectivity index (χ0v) is 17.0. The van der Waals surface area contributed by atoms with Crippen molar-refractivity contribution in [3.63, 3.8) is 0 Å². The summed E-state index contributed by atoms with van der Waals surface area (Å²) in [5.74, 6) is 3.43. The molecular weight excluding hydrogens is 368 g/mol. The van der Waals surface area contributed by atoms with Gasteiger partial charge in [0.25, 0.3) is 0 Å². The Hall–Kier alpha value is -3.25. The minimum absolute atomic E-state index is 0.526. The molecule has 0 aliphatic carbocycles. The van der Waals surface area contributed by atoms with Crippen molar-refractivity contribution >= 4 is 0 Å². The normalized spacial score (nSPS) is 10.4. The second-order valence-electron chi connectivity index (χ2n) is 6.31. The number of methoxy groups -OCH3 is 2. The predicted octanol–water partition coefficient (Wildman–Crippen LogP) is 4.58. The molecule has 29 heavy (non-hydrogen) atoms. The average molecular weight is 394 g/mol. The fraction of sp³-hybridized carbons (Fsp3) is 0.261. The molecule has 0 spiro atoms. The van der Waals surface area contributed by atoms with Crippen LogP contribution in [-0.4, -0.2) is 25.8 Å². The summed E-state index contributed by atoms with van der Waals surface area (Å²) < 4.78 is 22.1. The van der Waals surface area contributed by atoms with Gasteiger partial charge in [-0.15, -0.1) is 0 Å². The van der Waals surface area contributed by atoms with Crippen molar-refractivity contribution in [2.45, 2.75) is 20.0 Å². The van der Waals surface area contributed by atoms with Crippen molar-refractivity contribution in [2.75, 3.05) is 20.8 Å². The molecule has 0 atom stereocenters. The summed E-state index contributed by atoms with van der Waals surface area (Å²) in [6.07, 6.45) is 1.80. The van der Waals surface area contributed by atoms with Crippen LogP contribution in [0, 0.1) is 0 Å². The van der Waals surface area contributed by atoms with Crippen LogP contribution in [0.5, 0.6) is 28.9 Å². The number of nitrogens with one attached hydrogen (secondary N) is 1. The molecule has 1 N–H and O–H groups in total. The van der Waals surface area contributed by atoms with E-state index in [2.05, 4.69) is 10.3 Å². The molecule has 0 bridgehead atoms. The molecule has 0 saturated heterocycles. The summed E-state index contributed by atoms with van der Waals surface area (Å²) >= 11 is 0. The maximum atomic E-state index is 5.86. The van der Waals surface area contributed by atoms with E-state index in [1.54, 1.807) is 20.4 Å². The summed E-state index contributed by atoms with van der Waals surface area (Å²) in [5, 5.41) is 3.40. The molecule has 3 aromatic rings. The number of rotatable bonds is 10. The molecule has 0 amide bonds. The molecule has 0 saturated carbocycles. The molecule has 0 aliphatic heterocycles. The molecule has 6 nitrogen and oxygen atoms in total. The minimum atomic E-state index is 0.526. The molecule has 1 aromatic heterocycles. The number of ether oxygens (including phenoxy) is 4. The quantitative estimate of drug-likeness (QED) is 0.543. The maximum Gasteiger partial charge on any atom is 0.219 e. The lowest BCUT2D eigenvalue weighted by molar-refractivity contribution is 0.319. The Kier molecular flexibility index (Phi) is 7.30. The number of nitrogens with zero attached hydrogens (tertiary/aromatic N) is 1. The molecular formula is C23H26N2O4. The number of para-hydroxylation sites is 2. The van der Waals surface area contributed by atoms with E-state index in [0.717, 1.165) is 22.6 Å². The van der Waals surface area contributed by atoms with Crippen LogP contribution in [0.15, 0.2) is 60.8 Å². The molecule has 2 aromatic carbocycles. The Morgan fingerprint density at radius 2 is 1.52 bits per heavy atom. The van der Waals surface area contributed by atoms with Gasteiger partial charge in [0.2, 0.25) is 5.88 Å². The number of hydrogen-bond donors (Lipinski definition) is 1. The van der Waals surface area contributed by atoms with Gasteiger partial charge >= 0.3 is 0 Å². The number of benzene rings is 2. The summed E-state index contributed by atoms with van der Waals surface area (Å²) in [6.45, 7) is 3.89. The SMILES string of the molecule is CCOc1ccccc1Oc1ccc(CNCc2cc(OC)cc(OC)c2)cn1. The van der Waals surface area contributed by atoms with E-state index in [9.17, 15) is 0 Å². The van der Waals surface area contributed by atoms with Crippen molar-refractivity contribution in [2.24, 2.45) is 0 Å². The summed E-state index contributed by atoms with van der Waals surface area (Å²) in [6, 6.07) is 17.2. The van der Waals surface area contributed by atoms with Crippen molar-refractivity contribution in [3.8, 4) is 28.9 Å². The first-order chi connectivity index (χ1) is 14.2. The number of pyridine rings is 1. The molecule has 152 valence electrons. The lowest BCUT2D eigenvalue weighted by atomic mass is 10.2. The third-order valence-electron chi connectivity index (χ3n) is 4.23. The van der Waals surface area contributed by atoms with Crippen molar-refractivity contribution in [1.82, 2.24) is 10.3 Å². The first-order valence-electron chi connectivity index (χ1n) is 9.49. The smallest absolute Gasteiger partial charge is 0.219 e. The monoisotopic (exact) mass is 394 g/mol. The van der Waals surface area contributed by atoms with E-state index in [1.807, 2.05) is 61.5 Å². The zero-order valence-electron chi connectivity index (χ0n) is 17.0. The van der Waals surface area contributed by atoms with Gasteiger partial charge in [0.05, 0.1) is 20.8 Å². The Bertz CT molecular complexity index is 891. The molecule has 3 rings (SSSR count). The summed E-state index contributed by atoms with van der Waals surface area (Å²) in [5.41, 5.74) is 2.15. The van der Waals surface area contributed by atoms with E-state index in [1.165, 1.54) is 0 Å². The Morgan fingerprint density at radius 3 is 2.14 bits per heavy atom. The Morgan fingerprint density at radius 1 is 0.828 bits per heavy atom. The van der Waals surface area contributed by atoms with Crippen LogP contribution in [0.4, 0.5) is 0 Å². The molecule has 0 unspecified atom stereocenters. The Labute approximate surface area is 171 Å². The van der Waals surface area contributed by atoms with Gasteiger partial charge in [0.15, 0.2) is 11.5 Å². The van der Waals surface area contributed by atoms with Gasteiger partial charge in [-0.1, -0.05) is 18.2 Å². The predicted molar refractivity (Wildman–Crippen MR) is 112 cm³/mol. The third kappa shape index (κ3) is 5.86. The molecule has 1 heterocycles. The first-order valence-corrected chi connectivity index (χ1v) is 9.49. The first kappa shape index (κ1) is 20.5. The highest BCUT2D eigenvalue weighted by atomic mass is 16.5. The molecule has 6 heteroatoms. The summed E-state index contributed by atoms with van der Waals surface area (Å²) in [4.78, 5) is 4.40. The highest BCUT2D eigenvalue weighted by Crippen LogP contribution is 2.30. The van der Waals surface area contributed by atoms with E-state index in [-0.39, 0.29) is 0 Å². The third-order valence-corrected chi connectivity index (χ3v) is 4.23. The van der Waals surface area contributed by atoms with Crippen LogP contribution in [0.1, 0.15) is 18.1 Å². The summed E-state index contributed by atoms with van der Waals surface area (Å²) in [7, 11) is 3.29. The van der Waals surface area contributed by atoms with Crippen LogP contribution in [0.25, 0.3) is 0 Å². The van der Waals surface area contributed by atoms with Gasteiger partial charge in [-0.25, -0.2) is 4.98 Å². The van der Waals surface area contributed by atoms with Gasteiger partial charge in [0, 0.05) is 31.4 Å². The van der Waals surface area contributed by atoms with Crippen molar-refractivity contribution in [1.29, 1.82) is 0 Å². The van der Waals surface area contributed by atoms with Crippen LogP contribution in [0.3, 0.4) is 0 Å². The van der Waals surface area contributed by atoms with Gasteiger partial charge < -0.3 is 24.3 Å². The van der Waals surface area contributed by atoms with Crippen molar-refractivity contribution < 1.29 is 18.9 Å². The molecule has 0 fully saturated rings. The van der Waals surface area contributed by atoms with E-state index in [0.29, 0.717) is 37.1 Å². The highest BCUT2D eigenvalue weighted by molar-refractivity contribution is 5.42. The van der Waals surface area contributed by atoms with Gasteiger partial charge in [-0.2, -0.15) is 0 Å². The zero-order chi connectivity index (χ0) is 20.5. The van der Waals surface area contributed by atoms with Gasteiger partial charge in [-0.05, 0) is 42.3 Å². The largest absolute Gasteiger partial charge is 0.497 e. The van der Waals surface area contributed by atoms with E-state index < -0.39 is 0 Å². The fourth-order valence-corrected chi connectivity index (χ4v) is 2.82. The van der Waals surface area contributed by atoms with Crippen LogP contribution >= 0.6 is 0 Å². The lowest BCUT2D eigenvalue weighted by Crippen LogP contribution is -2.13. The number of aromatic nitrogens is 1. The van der Waals surface area contributed by atoms with Crippen LogP contribution in [0.2, 0.25) is 0 Å². The maximum absolute atomic E-state index is 5.86. The second-order valence-corrected chi connectivity index (χ2v) is 6.31. The fourth-order valence-electron chi connectivity index (χ4n) is 2.82. The van der Waals surface area contributed by atoms with Crippen molar-refractivity contribution in [3.05, 3.63) is 71.9 Å². The topological polar surface area (TPSA) is 61.8 Å². The lowest BCUT2D eigenvalue weighted by Gasteiger charge is -2.11. The van der Waals surface area contributed by atoms with Crippen LogP contribution in [-0.2, 0) is 13.1 Å². The Balaban J connectivity index is 1.56. The standard InChI is InChI=1S/C23H26N2O4/c1-4-28-21-7-5-6-8-22(21)29-23-10-9-17(16-25-23)14-24-15-18-11-19(26-2)13-20(12-18)27-3/h5-13,16,24H,4,14-15H2,1-3H3. The minimum Gasteiger partial charge on any atom is -0.497 e. The van der Waals surface area contributed by atoms with Crippen LogP contribution < -0.4 is 24.3 Å². The second kappa shape index (κ2) is 10.3. The van der Waals surface area contributed by atoms with Gasteiger partial charge in [0.1, 0.15) is 11.5 Å². The highest BCUT2D eigenvalue weighted by Gasteiger charge is 2.06. The molecule has 0 radical (unpaired) electrons. The average Bonchev–Trinajstić information content (AvgIpc) is 2.76.